The number of aromatic nitrogens is 2. The number of nitrogens with two attached hydrogens (primary N) is 1. The summed E-state index contributed by atoms with van der Waals surface area (Å²) in [7, 11) is 2.12. The molecule has 2 N–H and O–H groups in total. The smallest absolute Gasteiger partial charge is 0.145 e. The number of nitrogen functional groups attached to an aromatic ring is 1. The van der Waals surface area contributed by atoms with Crippen LogP contribution in [0.15, 0.2) is 6.07 Å². The van der Waals surface area contributed by atoms with E-state index in [0.29, 0.717) is 5.82 Å². The standard InChI is InChI=1S/C13H24N4O/c1-13(2,3)11-7-12(14)15-17(11)9-10-8-16(4)5-6-18-10/h7,10H,5-6,8-9H2,1-4H3,(H2,14,15)/t10-/m1/s1. The topological polar surface area (TPSA) is 56.3 Å². The number of nitrogens with zero attached hydrogens (tertiary/aromatic N) is 3. The molecule has 2 heterocycles. The van der Waals surface area contributed by atoms with Crippen LogP contribution in [-0.2, 0) is 16.7 Å². The van der Waals surface area contributed by atoms with Crippen LogP contribution in [0, 0.1) is 0 Å². The maximum atomic E-state index is 5.83. The van der Waals surface area contributed by atoms with Gasteiger partial charge in [0.1, 0.15) is 5.82 Å². The highest BCUT2D eigenvalue weighted by molar-refractivity contribution is 5.32. The van der Waals surface area contributed by atoms with Crippen LogP contribution < -0.4 is 5.73 Å². The summed E-state index contributed by atoms with van der Waals surface area (Å²) in [5.41, 5.74) is 7.04. The van der Waals surface area contributed by atoms with Crippen LogP contribution in [0.1, 0.15) is 26.5 Å². The fourth-order valence-electron chi connectivity index (χ4n) is 2.35. The van der Waals surface area contributed by atoms with Gasteiger partial charge in [-0.1, -0.05) is 20.8 Å². The van der Waals surface area contributed by atoms with Gasteiger partial charge in [-0.2, -0.15) is 5.10 Å². The summed E-state index contributed by atoms with van der Waals surface area (Å²) in [6.07, 6.45) is 0.198. The molecule has 1 aliphatic heterocycles. The maximum absolute atomic E-state index is 5.83. The minimum Gasteiger partial charge on any atom is -0.382 e. The first-order valence-corrected chi connectivity index (χ1v) is 6.50. The Morgan fingerprint density at radius 3 is 2.83 bits per heavy atom. The minimum absolute atomic E-state index is 0.0468. The third kappa shape index (κ3) is 3.03. The van der Waals surface area contributed by atoms with Crippen molar-refractivity contribution in [2.24, 2.45) is 0 Å². The predicted molar refractivity (Wildman–Crippen MR) is 72.6 cm³/mol. The van der Waals surface area contributed by atoms with Crippen LogP contribution in [0.3, 0.4) is 0 Å². The van der Waals surface area contributed by atoms with Crippen LogP contribution in [0.4, 0.5) is 5.82 Å². The molecule has 0 spiro atoms. The second-order valence-electron chi connectivity index (χ2n) is 6.14. The first-order valence-electron chi connectivity index (χ1n) is 6.50. The van der Waals surface area contributed by atoms with Crippen molar-refractivity contribution in [3.63, 3.8) is 0 Å². The van der Waals surface area contributed by atoms with Gasteiger partial charge in [0.15, 0.2) is 0 Å². The first kappa shape index (κ1) is 13.4. The zero-order valence-electron chi connectivity index (χ0n) is 11.8. The van der Waals surface area contributed by atoms with Crippen LogP contribution in [0.25, 0.3) is 0 Å². The van der Waals surface area contributed by atoms with E-state index < -0.39 is 0 Å². The molecule has 0 radical (unpaired) electrons. The lowest BCUT2D eigenvalue weighted by atomic mass is 9.92. The summed E-state index contributed by atoms with van der Waals surface area (Å²) in [6, 6.07) is 1.96. The number of hydrogen-bond acceptors (Lipinski definition) is 4. The maximum Gasteiger partial charge on any atom is 0.145 e. The van der Waals surface area contributed by atoms with Crippen molar-refractivity contribution in [1.29, 1.82) is 0 Å². The largest absolute Gasteiger partial charge is 0.382 e. The summed E-state index contributed by atoms with van der Waals surface area (Å²) in [5, 5.41) is 4.39. The van der Waals surface area contributed by atoms with Crippen molar-refractivity contribution in [1.82, 2.24) is 14.7 Å². The van der Waals surface area contributed by atoms with Crippen molar-refractivity contribution in [2.75, 3.05) is 32.5 Å². The highest BCUT2D eigenvalue weighted by Gasteiger charge is 2.24. The van der Waals surface area contributed by atoms with Crippen molar-refractivity contribution >= 4 is 5.82 Å². The van der Waals surface area contributed by atoms with Crippen molar-refractivity contribution in [3.05, 3.63) is 11.8 Å². The molecule has 1 saturated heterocycles. The zero-order valence-corrected chi connectivity index (χ0v) is 11.8. The van der Waals surface area contributed by atoms with Gasteiger partial charge in [-0.15, -0.1) is 0 Å². The van der Waals surface area contributed by atoms with Crippen LogP contribution in [0.5, 0.6) is 0 Å². The summed E-state index contributed by atoms with van der Waals surface area (Å²) in [6.45, 7) is 10.0. The molecule has 1 aromatic heterocycles. The van der Waals surface area contributed by atoms with Gasteiger partial charge in [0, 0.05) is 30.3 Å². The Morgan fingerprint density at radius 1 is 1.50 bits per heavy atom. The summed E-state index contributed by atoms with van der Waals surface area (Å²) in [5.74, 6) is 0.587. The molecule has 1 fully saturated rings. The molecule has 0 unspecified atom stereocenters. The molecule has 2 rings (SSSR count). The van der Waals surface area contributed by atoms with Crippen molar-refractivity contribution in [3.8, 4) is 0 Å². The molecular formula is C13H24N4O. The molecule has 0 amide bonds. The van der Waals surface area contributed by atoms with Crippen LogP contribution in [0.2, 0.25) is 0 Å². The third-order valence-electron chi connectivity index (χ3n) is 3.29. The van der Waals surface area contributed by atoms with E-state index in [2.05, 4.69) is 37.8 Å². The number of hydrogen-bond donors (Lipinski definition) is 1. The highest BCUT2D eigenvalue weighted by Crippen LogP contribution is 2.24. The zero-order chi connectivity index (χ0) is 13.3. The van der Waals surface area contributed by atoms with Crippen LogP contribution in [-0.4, -0.2) is 47.5 Å². The van der Waals surface area contributed by atoms with Gasteiger partial charge >= 0.3 is 0 Å². The molecule has 0 aromatic carbocycles. The number of likely N-dealkylation sites (N-methyl/N-ethyl adjacent to an activating group) is 1. The minimum atomic E-state index is 0.0468. The van der Waals surface area contributed by atoms with E-state index in [0.717, 1.165) is 31.9 Å². The third-order valence-corrected chi connectivity index (χ3v) is 3.29. The van der Waals surface area contributed by atoms with E-state index in [1.807, 2.05) is 10.7 Å². The molecule has 0 bridgehead atoms. The Balaban J connectivity index is 2.13. The fraction of sp³-hybridized carbons (Fsp3) is 0.769. The SMILES string of the molecule is CN1CCO[C@@H](Cn2nc(N)cc2C(C)(C)C)C1. The van der Waals surface area contributed by atoms with Gasteiger partial charge in [-0.3, -0.25) is 4.68 Å². The molecule has 18 heavy (non-hydrogen) atoms. The molecular weight excluding hydrogens is 228 g/mol. The Morgan fingerprint density at radius 2 is 2.22 bits per heavy atom. The van der Waals surface area contributed by atoms with E-state index in [4.69, 9.17) is 10.5 Å². The molecule has 1 aliphatic rings. The molecule has 0 saturated carbocycles. The van der Waals surface area contributed by atoms with Crippen LogP contribution >= 0.6 is 0 Å². The van der Waals surface area contributed by atoms with Gasteiger partial charge in [0.2, 0.25) is 0 Å². The van der Waals surface area contributed by atoms with E-state index >= 15 is 0 Å². The molecule has 102 valence electrons. The van der Waals surface area contributed by atoms with Gasteiger partial charge in [-0.05, 0) is 7.05 Å². The average molecular weight is 252 g/mol. The summed E-state index contributed by atoms with van der Waals surface area (Å²) >= 11 is 0. The Hall–Kier alpha value is -1.07. The van der Waals surface area contributed by atoms with Gasteiger partial charge in [0.05, 0.1) is 19.3 Å². The lowest BCUT2D eigenvalue weighted by Crippen LogP contribution is -2.42. The Bertz CT molecular complexity index is 408. The first-order chi connectivity index (χ1) is 8.36. The molecule has 1 atom stereocenters. The fourth-order valence-corrected chi connectivity index (χ4v) is 2.35. The normalized spacial score (nSPS) is 22.3. The lowest BCUT2D eigenvalue weighted by molar-refractivity contribution is -0.0296. The van der Waals surface area contributed by atoms with Crippen molar-refractivity contribution < 1.29 is 4.74 Å². The monoisotopic (exact) mass is 252 g/mol. The predicted octanol–water partition coefficient (Wildman–Crippen LogP) is 1.09. The van der Waals surface area contributed by atoms with Gasteiger partial charge < -0.3 is 15.4 Å². The number of morpholine rings is 1. The quantitative estimate of drug-likeness (QED) is 0.856. The average Bonchev–Trinajstić information content (AvgIpc) is 2.59. The van der Waals surface area contributed by atoms with Crippen molar-refractivity contribution in [2.45, 2.75) is 38.8 Å². The number of rotatable bonds is 2. The molecule has 0 aliphatic carbocycles. The highest BCUT2D eigenvalue weighted by atomic mass is 16.5. The van der Waals surface area contributed by atoms with Gasteiger partial charge in [0.25, 0.3) is 0 Å². The lowest BCUT2D eigenvalue weighted by Gasteiger charge is -2.31. The second kappa shape index (κ2) is 4.90. The van der Waals surface area contributed by atoms with E-state index in [1.54, 1.807) is 0 Å². The van der Waals surface area contributed by atoms with E-state index in [9.17, 15) is 0 Å². The molecule has 5 heteroatoms. The Kier molecular flexibility index (Phi) is 3.64. The number of ether oxygens (including phenoxy) is 1. The molecule has 1 aromatic rings. The van der Waals surface area contributed by atoms with E-state index in [-0.39, 0.29) is 11.5 Å². The van der Waals surface area contributed by atoms with Gasteiger partial charge in [-0.25, -0.2) is 0 Å². The summed E-state index contributed by atoms with van der Waals surface area (Å²) < 4.78 is 7.79. The van der Waals surface area contributed by atoms with E-state index in [1.165, 1.54) is 0 Å². The number of anilines is 1. The Labute approximate surface area is 109 Å². The second-order valence-corrected chi connectivity index (χ2v) is 6.14. The summed E-state index contributed by atoms with van der Waals surface area (Å²) in [4.78, 5) is 2.29. The molecule has 5 nitrogen and oxygen atoms in total.